The highest BCUT2D eigenvalue weighted by atomic mass is 127. The highest BCUT2D eigenvalue weighted by Gasteiger charge is 1.91. The summed E-state index contributed by atoms with van der Waals surface area (Å²) < 4.78 is 4.83. The molecule has 1 aromatic rings. The number of pyridine rings is 1. The Balaban J connectivity index is 2.80. The first-order chi connectivity index (χ1) is 4.86. The number of nitrogens with zero attached hydrogens (tertiary/aromatic N) is 1. The Bertz CT molecular complexity index is 176. The highest BCUT2D eigenvalue weighted by Crippen LogP contribution is 2.08. The van der Waals surface area contributed by atoms with Crippen molar-refractivity contribution < 1.29 is 3.07 Å². The molecule has 3 nitrogen and oxygen atoms in total. The zero-order valence-corrected chi connectivity index (χ0v) is 7.41. The maximum atomic E-state index is 5.36. The fourth-order valence-electron chi connectivity index (χ4n) is 0.577. The van der Waals surface area contributed by atoms with E-state index in [1.165, 1.54) is 0 Å². The summed E-state index contributed by atoms with van der Waals surface area (Å²) in [6, 6.07) is 3.68. The molecular formula is C6H7IN2O. The molecule has 0 aliphatic carbocycles. The van der Waals surface area contributed by atoms with Crippen molar-refractivity contribution in [1.82, 2.24) is 4.98 Å². The van der Waals surface area contributed by atoms with Gasteiger partial charge in [-0.1, -0.05) is 6.07 Å². The molecule has 2 N–H and O–H groups in total. The van der Waals surface area contributed by atoms with E-state index in [0.717, 1.165) is 5.56 Å². The van der Waals surface area contributed by atoms with Gasteiger partial charge in [-0.3, -0.25) is 0 Å². The van der Waals surface area contributed by atoms with Crippen LogP contribution < -0.4 is 8.80 Å². The van der Waals surface area contributed by atoms with Gasteiger partial charge in [0, 0.05) is 18.8 Å². The van der Waals surface area contributed by atoms with Gasteiger partial charge in [0.1, 0.15) is 0 Å². The second kappa shape index (κ2) is 3.72. The molecule has 0 atom stereocenters. The molecule has 0 saturated carbocycles. The zero-order chi connectivity index (χ0) is 7.40. The van der Waals surface area contributed by atoms with E-state index < -0.39 is 0 Å². The predicted molar refractivity (Wildman–Crippen MR) is 46.8 cm³/mol. The van der Waals surface area contributed by atoms with E-state index in [9.17, 15) is 0 Å². The van der Waals surface area contributed by atoms with Gasteiger partial charge in [0.25, 0.3) is 0 Å². The fourth-order valence-corrected chi connectivity index (χ4v) is 0.838. The Kier molecular flexibility index (Phi) is 2.88. The van der Waals surface area contributed by atoms with Crippen LogP contribution in [-0.2, 0) is 6.54 Å². The lowest BCUT2D eigenvalue weighted by atomic mass is 10.3. The van der Waals surface area contributed by atoms with Crippen LogP contribution >= 0.6 is 23.0 Å². The molecule has 0 bridgehead atoms. The third-order valence-corrected chi connectivity index (χ3v) is 1.56. The number of aromatic nitrogens is 1. The molecule has 0 amide bonds. The quantitative estimate of drug-likeness (QED) is 0.804. The van der Waals surface area contributed by atoms with Crippen molar-refractivity contribution in [3.63, 3.8) is 0 Å². The van der Waals surface area contributed by atoms with E-state index in [1.54, 1.807) is 35.3 Å². The Morgan fingerprint density at radius 2 is 2.40 bits per heavy atom. The molecule has 0 aliphatic heterocycles. The van der Waals surface area contributed by atoms with Gasteiger partial charge in [-0.15, -0.1) is 0 Å². The van der Waals surface area contributed by atoms with Crippen LogP contribution in [0.1, 0.15) is 5.56 Å². The number of nitrogens with two attached hydrogens (primary N) is 1. The van der Waals surface area contributed by atoms with Crippen molar-refractivity contribution in [3.8, 4) is 5.88 Å². The summed E-state index contributed by atoms with van der Waals surface area (Å²) in [5, 5.41) is 0. The number of hydrogen-bond donors (Lipinski definition) is 1. The predicted octanol–water partition coefficient (Wildman–Crippen LogP) is 1.27. The largest absolute Gasteiger partial charge is 0.408 e. The summed E-state index contributed by atoms with van der Waals surface area (Å²) in [4.78, 5) is 3.96. The number of hydrogen-bond acceptors (Lipinski definition) is 3. The van der Waals surface area contributed by atoms with Gasteiger partial charge >= 0.3 is 0 Å². The minimum atomic E-state index is 0.522. The summed E-state index contributed by atoms with van der Waals surface area (Å²) in [5.41, 5.74) is 6.37. The van der Waals surface area contributed by atoms with Crippen molar-refractivity contribution in [2.45, 2.75) is 6.54 Å². The van der Waals surface area contributed by atoms with Crippen molar-refractivity contribution in [2.75, 3.05) is 0 Å². The Morgan fingerprint density at radius 1 is 1.60 bits per heavy atom. The van der Waals surface area contributed by atoms with Crippen molar-refractivity contribution in [1.29, 1.82) is 0 Å². The van der Waals surface area contributed by atoms with E-state index in [2.05, 4.69) is 4.98 Å². The summed E-state index contributed by atoms with van der Waals surface area (Å²) >= 11 is 1.78. The summed E-state index contributed by atoms with van der Waals surface area (Å²) in [5.74, 6) is 0.609. The number of rotatable bonds is 2. The third kappa shape index (κ3) is 1.81. The monoisotopic (exact) mass is 250 g/mol. The van der Waals surface area contributed by atoms with E-state index in [-0.39, 0.29) is 0 Å². The molecule has 4 heteroatoms. The van der Waals surface area contributed by atoms with Gasteiger partial charge in [-0.05, 0) is 5.56 Å². The van der Waals surface area contributed by atoms with Crippen LogP contribution in [-0.4, -0.2) is 4.98 Å². The molecule has 0 fully saturated rings. The maximum Gasteiger partial charge on any atom is 0.224 e. The van der Waals surface area contributed by atoms with Gasteiger partial charge in [-0.2, -0.15) is 0 Å². The molecule has 0 aliphatic rings. The van der Waals surface area contributed by atoms with E-state index in [0.29, 0.717) is 12.4 Å². The van der Waals surface area contributed by atoms with E-state index in [4.69, 9.17) is 8.80 Å². The van der Waals surface area contributed by atoms with Crippen LogP contribution in [0.3, 0.4) is 0 Å². The topological polar surface area (TPSA) is 48.1 Å². The Labute approximate surface area is 73.3 Å². The molecular weight excluding hydrogens is 243 g/mol. The Hall–Kier alpha value is -0.360. The normalized spacial score (nSPS) is 9.40. The summed E-state index contributed by atoms with van der Waals surface area (Å²) in [7, 11) is 0. The lowest BCUT2D eigenvalue weighted by Gasteiger charge is -1.96. The Morgan fingerprint density at radius 3 is 2.80 bits per heavy atom. The first-order valence-electron chi connectivity index (χ1n) is 2.80. The van der Waals surface area contributed by atoms with Crippen molar-refractivity contribution >= 4 is 23.0 Å². The zero-order valence-electron chi connectivity index (χ0n) is 5.25. The molecule has 10 heavy (non-hydrogen) atoms. The van der Waals surface area contributed by atoms with Gasteiger partial charge < -0.3 is 8.80 Å². The van der Waals surface area contributed by atoms with E-state index >= 15 is 0 Å². The molecule has 1 rings (SSSR count). The van der Waals surface area contributed by atoms with Crippen LogP contribution in [0.4, 0.5) is 0 Å². The average molecular weight is 250 g/mol. The lowest BCUT2D eigenvalue weighted by Crippen LogP contribution is -1.96. The number of halogens is 1. The van der Waals surface area contributed by atoms with E-state index in [1.807, 2.05) is 6.07 Å². The molecule has 0 saturated heterocycles. The lowest BCUT2D eigenvalue weighted by molar-refractivity contribution is 0.679. The SMILES string of the molecule is NCc1ccc(OI)nc1. The first-order valence-corrected chi connectivity index (χ1v) is 3.68. The van der Waals surface area contributed by atoms with Crippen LogP contribution in [0.25, 0.3) is 0 Å². The van der Waals surface area contributed by atoms with Gasteiger partial charge in [-0.25, -0.2) is 4.98 Å². The third-order valence-electron chi connectivity index (χ3n) is 1.11. The van der Waals surface area contributed by atoms with Crippen molar-refractivity contribution in [2.24, 2.45) is 5.73 Å². The molecule has 0 unspecified atom stereocenters. The minimum absolute atomic E-state index is 0.522. The smallest absolute Gasteiger partial charge is 0.224 e. The molecule has 1 heterocycles. The van der Waals surface area contributed by atoms with Crippen LogP contribution in [0.2, 0.25) is 0 Å². The van der Waals surface area contributed by atoms with Gasteiger partial charge in [0.05, 0.1) is 0 Å². The molecule has 1 aromatic heterocycles. The first kappa shape index (κ1) is 7.74. The van der Waals surface area contributed by atoms with Gasteiger partial charge in [0.2, 0.25) is 5.88 Å². The molecule has 54 valence electrons. The molecule has 0 spiro atoms. The standard InChI is InChI=1S/C6H7IN2O/c7-10-6-2-1-5(3-8)4-9-6/h1-2,4H,3,8H2. The highest BCUT2D eigenvalue weighted by molar-refractivity contribution is 14.1. The van der Waals surface area contributed by atoms with Crippen LogP contribution in [0.15, 0.2) is 18.3 Å². The minimum Gasteiger partial charge on any atom is -0.408 e. The van der Waals surface area contributed by atoms with Gasteiger partial charge in [0.15, 0.2) is 23.0 Å². The fraction of sp³-hybridized carbons (Fsp3) is 0.167. The second-order valence-electron chi connectivity index (χ2n) is 1.79. The maximum absolute atomic E-state index is 5.36. The molecule has 0 aromatic carbocycles. The summed E-state index contributed by atoms with van der Waals surface area (Å²) in [6.45, 7) is 0.522. The van der Waals surface area contributed by atoms with Crippen LogP contribution in [0, 0.1) is 0 Å². The average Bonchev–Trinajstić information content (AvgIpc) is 2.05. The van der Waals surface area contributed by atoms with Crippen molar-refractivity contribution in [3.05, 3.63) is 23.9 Å². The molecule has 0 radical (unpaired) electrons. The van der Waals surface area contributed by atoms with Crippen LogP contribution in [0.5, 0.6) is 5.88 Å². The second-order valence-corrected chi connectivity index (χ2v) is 2.23. The summed E-state index contributed by atoms with van der Waals surface area (Å²) in [6.07, 6.45) is 1.70.